The van der Waals surface area contributed by atoms with Gasteiger partial charge in [-0.3, -0.25) is 18.6 Å². The molecule has 0 saturated heterocycles. The van der Waals surface area contributed by atoms with E-state index in [1.807, 2.05) is 0 Å². The van der Waals surface area contributed by atoms with E-state index in [1.54, 1.807) is 0 Å². The molecule has 0 bridgehead atoms. The number of esters is 1. The van der Waals surface area contributed by atoms with Gasteiger partial charge in [-0.25, -0.2) is 9.36 Å². The summed E-state index contributed by atoms with van der Waals surface area (Å²) in [6, 6.07) is -1.54. The first-order valence-electron chi connectivity index (χ1n) is 24.2. The van der Waals surface area contributed by atoms with Crippen molar-refractivity contribution in [2.24, 2.45) is 0 Å². The fourth-order valence-corrected chi connectivity index (χ4v) is 7.79. The summed E-state index contributed by atoms with van der Waals surface area (Å²) in [6.45, 7) is 2.61. The number of aliphatic carboxylic acids is 1. The first kappa shape index (κ1) is 57.2. The molecule has 0 radical (unpaired) electrons. The minimum atomic E-state index is -4.75. The topological polar surface area (TPSA) is 169 Å². The quantitative estimate of drug-likeness (QED) is 0.0200. The molecule has 0 aromatic heterocycles. The number of carbonyl (C=O) groups excluding carboxylic acids is 2. The van der Waals surface area contributed by atoms with Gasteiger partial charge in [0, 0.05) is 12.8 Å². The Labute approximate surface area is 360 Å². The summed E-state index contributed by atoms with van der Waals surface area (Å²) in [5, 5.41) is 21.8. The van der Waals surface area contributed by atoms with Crippen molar-refractivity contribution in [3.8, 4) is 0 Å². The van der Waals surface area contributed by atoms with Crippen LogP contribution in [0, 0.1) is 0 Å². The number of aliphatic hydroxyl groups excluding tert-OH is 1. The Morgan fingerprint density at radius 2 is 0.881 bits per heavy atom. The molecule has 59 heavy (non-hydrogen) atoms. The second kappa shape index (κ2) is 42.9. The summed E-state index contributed by atoms with van der Waals surface area (Å²) >= 11 is 0. The lowest BCUT2D eigenvalue weighted by Crippen LogP contribution is -2.43. The van der Waals surface area contributed by atoms with Gasteiger partial charge in [-0.2, -0.15) is 0 Å². The second-order valence-corrected chi connectivity index (χ2v) is 18.1. The van der Waals surface area contributed by atoms with Crippen LogP contribution in [-0.2, 0) is 32.7 Å². The molecule has 1 amide bonds. The van der Waals surface area contributed by atoms with Crippen LogP contribution in [0.2, 0.25) is 0 Å². The lowest BCUT2D eigenvalue weighted by molar-refractivity contribution is -0.147. The molecule has 11 nitrogen and oxygen atoms in total. The number of carboxylic acid groups (broad SMARTS) is 1. The summed E-state index contributed by atoms with van der Waals surface area (Å²) in [5.41, 5.74) is 0. The molecule has 348 valence electrons. The molecule has 0 aromatic carbocycles. The highest BCUT2D eigenvalue weighted by Crippen LogP contribution is 2.43. The van der Waals surface area contributed by atoms with E-state index in [9.17, 15) is 34.1 Å². The first-order valence-corrected chi connectivity index (χ1v) is 25.7. The molecule has 4 N–H and O–H groups in total. The van der Waals surface area contributed by atoms with Crippen molar-refractivity contribution in [3.63, 3.8) is 0 Å². The van der Waals surface area contributed by atoms with Crippen molar-refractivity contribution in [2.45, 2.75) is 251 Å². The standard InChI is InChI=1S/C47H90NO10P/c1-3-5-7-9-11-13-15-17-18-19-20-21-22-23-24-25-26-27-29-31-33-35-37-39-46(51)56-40-43(49)41-57-59(54,55)58-42-44(47(52)53)48-45(50)38-36-34-32-30-28-16-14-12-10-8-6-4-2/h17-18,43-44,49H,3-16,19-42H2,1-2H3,(H,48,50)(H,52,53)(H,54,55)/b18-17+. The smallest absolute Gasteiger partial charge is 0.472 e. The van der Waals surface area contributed by atoms with Gasteiger partial charge in [-0.1, -0.05) is 199 Å². The van der Waals surface area contributed by atoms with Crippen LogP contribution in [-0.4, -0.2) is 64.9 Å². The lowest BCUT2D eigenvalue weighted by Gasteiger charge is -2.18. The zero-order valence-corrected chi connectivity index (χ0v) is 38.7. The van der Waals surface area contributed by atoms with Crippen molar-refractivity contribution in [3.05, 3.63) is 12.2 Å². The molecule has 0 aliphatic rings. The van der Waals surface area contributed by atoms with Crippen molar-refractivity contribution in [2.75, 3.05) is 19.8 Å². The highest BCUT2D eigenvalue weighted by molar-refractivity contribution is 7.47. The molecule has 0 rings (SSSR count). The third-order valence-electron chi connectivity index (χ3n) is 10.8. The number of allylic oxidation sites excluding steroid dienone is 2. The first-order chi connectivity index (χ1) is 28.6. The molecule has 3 unspecified atom stereocenters. The van der Waals surface area contributed by atoms with E-state index in [0.29, 0.717) is 12.8 Å². The molecule has 0 fully saturated rings. The Morgan fingerprint density at radius 1 is 0.525 bits per heavy atom. The van der Waals surface area contributed by atoms with E-state index in [4.69, 9.17) is 13.8 Å². The average molecular weight is 860 g/mol. The third kappa shape index (κ3) is 42.7. The van der Waals surface area contributed by atoms with Gasteiger partial charge in [0.2, 0.25) is 5.91 Å². The Kier molecular flexibility index (Phi) is 41.6. The number of carbonyl (C=O) groups is 3. The average Bonchev–Trinajstić information content (AvgIpc) is 3.21. The summed E-state index contributed by atoms with van der Waals surface area (Å²) in [6.07, 6.45) is 43.9. The van der Waals surface area contributed by atoms with Crippen LogP contribution in [0.25, 0.3) is 0 Å². The van der Waals surface area contributed by atoms with Crippen molar-refractivity contribution in [1.82, 2.24) is 5.32 Å². The predicted octanol–water partition coefficient (Wildman–Crippen LogP) is 12.8. The molecule has 0 spiro atoms. The van der Waals surface area contributed by atoms with Crippen LogP contribution in [0.1, 0.15) is 239 Å². The highest BCUT2D eigenvalue weighted by Gasteiger charge is 2.28. The number of carboxylic acids is 1. The lowest BCUT2D eigenvalue weighted by atomic mass is 10.0. The Balaban J connectivity index is 3.77. The van der Waals surface area contributed by atoms with Crippen LogP contribution in [0.4, 0.5) is 0 Å². The minimum Gasteiger partial charge on any atom is -0.480 e. The van der Waals surface area contributed by atoms with E-state index in [2.05, 4.69) is 31.3 Å². The highest BCUT2D eigenvalue weighted by atomic mass is 31.2. The van der Waals surface area contributed by atoms with Crippen LogP contribution in [0.5, 0.6) is 0 Å². The number of aliphatic hydroxyl groups is 1. The van der Waals surface area contributed by atoms with Gasteiger partial charge in [0.15, 0.2) is 6.04 Å². The molecule has 0 saturated carbocycles. The number of ether oxygens (including phenoxy) is 1. The van der Waals surface area contributed by atoms with Gasteiger partial charge in [-0.05, 0) is 38.5 Å². The van der Waals surface area contributed by atoms with Crippen LogP contribution in [0.3, 0.4) is 0 Å². The fraction of sp³-hybridized carbons (Fsp3) is 0.894. The second-order valence-electron chi connectivity index (χ2n) is 16.7. The van der Waals surface area contributed by atoms with E-state index in [1.165, 1.54) is 161 Å². The van der Waals surface area contributed by atoms with Crippen molar-refractivity contribution >= 4 is 25.7 Å². The number of unbranched alkanes of at least 4 members (excludes halogenated alkanes) is 30. The number of hydrogen-bond donors (Lipinski definition) is 4. The molecular weight excluding hydrogens is 769 g/mol. The van der Waals surface area contributed by atoms with Gasteiger partial charge in [0.1, 0.15) is 12.7 Å². The maximum absolute atomic E-state index is 12.3. The molecule has 3 atom stereocenters. The van der Waals surface area contributed by atoms with E-state index < -0.39 is 57.6 Å². The number of phosphoric ester groups is 1. The molecule has 12 heteroatoms. The SMILES string of the molecule is CCCCCCCC/C=C/CCCCCCCCCCCCCCCC(=O)OCC(O)COP(=O)(O)OCC(NC(=O)CCCCCCCCCCCCCC)C(=O)O. The van der Waals surface area contributed by atoms with E-state index >= 15 is 0 Å². The van der Waals surface area contributed by atoms with E-state index in [-0.39, 0.29) is 12.8 Å². The molecule has 0 aromatic rings. The molecule has 0 aliphatic heterocycles. The van der Waals surface area contributed by atoms with Gasteiger partial charge in [0.05, 0.1) is 13.2 Å². The van der Waals surface area contributed by atoms with Gasteiger partial charge >= 0.3 is 19.8 Å². The fourth-order valence-electron chi connectivity index (χ4n) is 7.02. The Bertz CT molecular complexity index is 1060. The van der Waals surface area contributed by atoms with Crippen molar-refractivity contribution in [1.29, 1.82) is 0 Å². The van der Waals surface area contributed by atoms with E-state index in [0.717, 1.165) is 38.5 Å². The van der Waals surface area contributed by atoms with Crippen molar-refractivity contribution < 1.29 is 47.8 Å². The summed E-state index contributed by atoms with van der Waals surface area (Å²) in [7, 11) is -4.75. The van der Waals surface area contributed by atoms with Gasteiger partial charge < -0.3 is 25.2 Å². The normalized spacial score (nSPS) is 13.7. The van der Waals surface area contributed by atoms with Crippen LogP contribution in [0.15, 0.2) is 12.2 Å². The number of phosphoric acid groups is 1. The maximum Gasteiger partial charge on any atom is 0.472 e. The zero-order valence-electron chi connectivity index (χ0n) is 37.8. The van der Waals surface area contributed by atoms with Crippen LogP contribution < -0.4 is 5.32 Å². The monoisotopic (exact) mass is 860 g/mol. The van der Waals surface area contributed by atoms with Gasteiger partial charge in [-0.15, -0.1) is 0 Å². The Hall–Kier alpha value is -1.78. The summed E-state index contributed by atoms with van der Waals surface area (Å²) in [5.74, 6) is -2.36. The van der Waals surface area contributed by atoms with Gasteiger partial charge in [0.25, 0.3) is 0 Å². The largest absolute Gasteiger partial charge is 0.480 e. The number of amides is 1. The zero-order chi connectivity index (χ0) is 43.5. The maximum atomic E-state index is 12.3. The summed E-state index contributed by atoms with van der Waals surface area (Å²) in [4.78, 5) is 45.9. The number of rotatable bonds is 46. The summed E-state index contributed by atoms with van der Waals surface area (Å²) < 4.78 is 26.9. The number of nitrogens with one attached hydrogen (secondary N) is 1. The molecular formula is C47H90NO10P. The molecule has 0 heterocycles. The van der Waals surface area contributed by atoms with Crippen LogP contribution >= 0.6 is 7.82 Å². The minimum absolute atomic E-state index is 0.151. The predicted molar refractivity (Wildman–Crippen MR) is 240 cm³/mol. The third-order valence-corrected chi connectivity index (χ3v) is 11.8. The number of hydrogen-bond acceptors (Lipinski definition) is 8. The Morgan fingerprint density at radius 3 is 1.29 bits per heavy atom. The molecule has 0 aliphatic carbocycles.